The van der Waals surface area contributed by atoms with Crippen LogP contribution in [0, 0.1) is 11.8 Å². The van der Waals surface area contributed by atoms with Gasteiger partial charge >= 0.3 is 5.97 Å². The molecule has 0 amide bonds. The zero-order valence-electron chi connectivity index (χ0n) is 11.7. The van der Waals surface area contributed by atoms with E-state index in [2.05, 4.69) is 6.58 Å². The SMILES string of the molecule is C=C1C(=O)O[C@@H]2C3=C(C)[C@H](O)C[C@H]3[C@](C)(O)[C@H](O)C[C@@H]12. The molecule has 0 aromatic heterocycles. The summed E-state index contributed by atoms with van der Waals surface area (Å²) in [6.45, 7) is 7.12. The molecular formula is C15H20O5. The van der Waals surface area contributed by atoms with Gasteiger partial charge in [-0.25, -0.2) is 4.79 Å². The number of carbonyl (C=O) groups excluding carboxylic acids is 1. The van der Waals surface area contributed by atoms with Gasteiger partial charge in [-0.2, -0.15) is 0 Å². The Morgan fingerprint density at radius 1 is 1.35 bits per heavy atom. The fraction of sp³-hybridized carbons (Fsp3) is 0.667. The van der Waals surface area contributed by atoms with Crippen LogP contribution in [0.4, 0.5) is 0 Å². The lowest BCUT2D eigenvalue weighted by atomic mass is 9.80. The van der Waals surface area contributed by atoms with E-state index >= 15 is 0 Å². The third-order valence-corrected chi connectivity index (χ3v) is 5.26. The van der Waals surface area contributed by atoms with Crippen LogP contribution in [-0.2, 0) is 9.53 Å². The molecule has 0 unspecified atom stereocenters. The van der Waals surface area contributed by atoms with Crippen LogP contribution in [0.15, 0.2) is 23.3 Å². The van der Waals surface area contributed by atoms with Crippen molar-refractivity contribution < 1.29 is 24.9 Å². The highest BCUT2D eigenvalue weighted by molar-refractivity contribution is 5.91. The molecule has 1 saturated carbocycles. The summed E-state index contributed by atoms with van der Waals surface area (Å²) in [6, 6.07) is 0. The summed E-state index contributed by atoms with van der Waals surface area (Å²) in [7, 11) is 0. The zero-order valence-corrected chi connectivity index (χ0v) is 11.7. The molecule has 1 saturated heterocycles. The number of carbonyl (C=O) groups is 1. The van der Waals surface area contributed by atoms with E-state index in [1.807, 2.05) is 0 Å². The van der Waals surface area contributed by atoms with Gasteiger partial charge in [-0.3, -0.25) is 0 Å². The molecule has 110 valence electrons. The number of ether oxygens (including phenoxy) is 1. The highest BCUT2D eigenvalue weighted by Gasteiger charge is 2.56. The number of aliphatic hydroxyl groups is 3. The predicted octanol–water partition coefficient (Wildman–Crippen LogP) is 0.297. The van der Waals surface area contributed by atoms with Gasteiger partial charge < -0.3 is 20.1 Å². The molecule has 0 radical (unpaired) electrons. The van der Waals surface area contributed by atoms with Crippen LogP contribution in [0.1, 0.15) is 26.7 Å². The fourth-order valence-corrected chi connectivity index (χ4v) is 3.83. The Morgan fingerprint density at radius 3 is 2.65 bits per heavy atom. The predicted molar refractivity (Wildman–Crippen MR) is 70.6 cm³/mol. The van der Waals surface area contributed by atoms with Crippen molar-refractivity contribution in [2.24, 2.45) is 11.8 Å². The van der Waals surface area contributed by atoms with E-state index in [1.54, 1.807) is 13.8 Å². The Labute approximate surface area is 117 Å². The van der Waals surface area contributed by atoms with Crippen molar-refractivity contribution in [3.05, 3.63) is 23.3 Å². The third-order valence-electron chi connectivity index (χ3n) is 5.26. The lowest BCUT2D eigenvalue weighted by molar-refractivity contribution is -0.138. The average molecular weight is 280 g/mol. The van der Waals surface area contributed by atoms with E-state index in [9.17, 15) is 20.1 Å². The maximum atomic E-state index is 11.7. The monoisotopic (exact) mass is 280 g/mol. The Balaban J connectivity index is 2.14. The number of esters is 1. The summed E-state index contributed by atoms with van der Waals surface area (Å²) in [5.41, 5.74) is 0.496. The number of rotatable bonds is 0. The van der Waals surface area contributed by atoms with Gasteiger partial charge in [-0.15, -0.1) is 0 Å². The van der Waals surface area contributed by atoms with E-state index in [4.69, 9.17) is 4.74 Å². The topological polar surface area (TPSA) is 87.0 Å². The van der Waals surface area contributed by atoms with Gasteiger partial charge in [-0.05, 0) is 37.8 Å². The van der Waals surface area contributed by atoms with Gasteiger partial charge in [0.15, 0.2) is 0 Å². The van der Waals surface area contributed by atoms with E-state index < -0.39 is 35.8 Å². The van der Waals surface area contributed by atoms with Crippen molar-refractivity contribution in [3.8, 4) is 0 Å². The van der Waals surface area contributed by atoms with Crippen LogP contribution in [0.5, 0.6) is 0 Å². The van der Waals surface area contributed by atoms with Gasteiger partial charge in [0.05, 0.1) is 17.8 Å². The first kappa shape index (κ1) is 13.8. The van der Waals surface area contributed by atoms with Gasteiger partial charge in [0.2, 0.25) is 0 Å². The summed E-state index contributed by atoms with van der Waals surface area (Å²) >= 11 is 0. The quantitative estimate of drug-likeness (QED) is 0.337. The van der Waals surface area contributed by atoms with E-state index in [0.29, 0.717) is 12.0 Å². The lowest BCUT2D eigenvalue weighted by Gasteiger charge is -2.34. The van der Waals surface area contributed by atoms with Gasteiger partial charge in [0.25, 0.3) is 0 Å². The van der Waals surface area contributed by atoms with Gasteiger partial charge in [0, 0.05) is 17.4 Å². The second kappa shape index (κ2) is 4.16. The van der Waals surface area contributed by atoms with Crippen molar-refractivity contribution in [3.63, 3.8) is 0 Å². The molecule has 1 aliphatic heterocycles. The first-order valence-electron chi connectivity index (χ1n) is 6.94. The molecular weight excluding hydrogens is 260 g/mol. The second-order valence-corrected chi connectivity index (χ2v) is 6.38. The minimum absolute atomic E-state index is 0.242. The van der Waals surface area contributed by atoms with Crippen molar-refractivity contribution in [1.82, 2.24) is 0 Å². The molecule has 5 heteroatoms. The highest BCUT2D eigenvalue weighted by atomic mass is 16.6. The van der Waals surface area contributed by atoms with E-state index in [1.165, 1.54) is 0 Å². The Bertz CT molecular complexity index is 518. The molecule has 0 aromatic rings. The largest absolute Gasteiger partial charge is 0.454 e. The minimum Gasteiger partial charge on any atom is -0.454 e. The standard InChI is InChI=1S/C15H20O5/c1-6-8-4-11(17)15(3,19)9-5-10(16)7(2)12(9)13(8)20-14(6)18/h8-11,13,16-17,19H,1,4-5H2,2-3H3/t8-,9+,10+,11+,13-,15-/m0/s1. The van der Waals surface area contributed by atoms with Crippen molar-refractivity contribution >= 4 is 5.97 Å². The number of fused-ring (bicyclic) bond motifs is 3. The van der Waals surface area contributed by atoms with Crippen LogP contribution in [0.2, 0.25) is 0 Å². The zero-order chi connectivity index (χ0) is 14.8. The van der Waals surface area contributed by atoms with Crippen molar-refractivity contribution in [1.29, 1.82) is 0 Å². The summed E-state index contributed by atoms with van der Waals surface area (Å²) in [6.07, 6.45) is -1.58. The molecule has 1 heterocycles. The summed E-state index contributed by atoms with van der Waals surface area (Å²) in [4.78, 5) is 11.7. The summed E-state index contributed by atoms with van der Waals surface area (Å²) < 4.78 is 5.40. The molecule has 3 rings (SSSR count). The smallest absolute Gasteiger partial charge is 0.334 e. The summed E-state index contributed by atoms with van der Waals surface area (Å²) in [5, 5.41) is 31.1. The van der Waals surface area contributed by atoms with Crippen molar-refractivity contribution in [2.75, 3.05) is 0 Å². The van der Waals surface area contributed by atoms with Gasteiger partial charge in [-0.1, -0.05) is 6.58 Å². The van der Waals surface area contributed by atoms with Gasteiger partial charge in [0.1, 0.15) is 6.10 Å². The van der Waals surface area contributed by atoms with Crippen LogP contribution in [0.3, 0.4) is 0 Å². The number of hydrogen-bond donors (Lipinski definition) is 3. The van der Waals surface area contributed by atoms with Crippen LogP contribution in [0.25, 0.3) is 0 Å². The molecule has 3 aliphatic rings. The normalized spacial score (nSPS) is 48.0. The Hall–Kier alpha value is -1.17. The van der Waals surface area contributed by atoms with Crippen LogP contribution in [-0.4, -0.2) is 45.2 Å². The molecule has 5 nitrogen and oxygen atoms in total. The molecule has 0 spiro atoms. The van der Waals surface area contributed by atoms with E-state index in [0.717, 1.165) is 11.1 Å². The highest BCUT2D eigenvalue weighted by Crippen LogP contribution is 2.51. The lowest BCUT2D eigenvalue weighted by Crippen LogP contribution is -2.46. The second-order valence-electron chi connectivity index (χ2n) is 6.38. The molecule has 2 fully saturated rings. The first-order valence-corrected chi connectivity index (χ1v) is 6.94. The third kappa shape index (κ3) is 1.63. The molecule has 0 aromatic carbocycles. The molecule has 2 aliphatic carbocycles. The van der Waals surface area contributed by atoms with Crippen LogP contribution < -0.4 is 0 Å². The van der Waals surface area contributed by atoms with Crippen molar-refractivity contribution in [2.45, 2.75) is 50.6 Å². The Morgan fingerprint density at radius 2 is 2.00 bits per heavy atom. The molecule has 6 atom stereocenters. The Kier molecular flexibility index (Phi) is 2.87. The fourth-order valence-electron chi connectivity index (χ4n) is 3.83. The van der Waals surface area contributed by atoms with Crippen LogP contribution >= 0.6 is 0 Å². The minimum atomic E-state index is -1.34. The first-order chi connectivity index (χ1) is 9.25. The van der Waals surface area contributed by atoms with E-state index in [-0.39, 0.29) is 12.3 Å². The molecule has 20 heavy (non-hydrogen) atoms. The summed E-state index contributed by atoms with van der Waals surface area (Å²) in [5.74, 6) is -1.18. The molecule has 0 bridgehead atoms. The maximum Gasteiger partial charge on any atom is 0.334 e. The average Bonchev–Trinajstić information content (AvgIpc) is 2.79. The number of hydrogen-bond acceptors (Lipinski definition) is 5. The number of aliphatic hydroxyl groups excluding tert-OH is 2. The molecule has 3 N–H and O–H groups in total. The maximum absolute atomic E-state index is 11.7.